The summed E-state index contributed by atoms with van der Waals surface area (Å²) in [6, 6.07) is 18.7. The molecule has 0 aliphatic carbocycles. The highest BCUT2D eigenvalue weighted by molar-refractivity contribution is 14.1. The predicted molar refractivity (Wildman–Crippen MR) is 116 cm³/mol. The van der Waals surface area contributed by atoms with Crippen molar-refractivity contribution in [3.8, 4) is 5.69 Å². The van der Waals surface area contributed by atoms with E-state index in [0.29, 0.717) is 21.8 Å². The second kappa shape index (κ2) is 7.28. The molecule has 0 fully saturated rings. The number of hydrogen-bond acceptors (Lipinski definition) is 3. The van der Waals surface area contributed by atoms with Gasteiger partial charge in [0.05, 0.1) is 16.3 Å². The van der Waals surface area contributed by atoms with Crippen LogP contribution in [0.15, 0.2) is 60.7 Å². The topological polar surface area (TPSA) is 59.8 Å². The van der Waals surface area contributed by atoms with E-state index in [4.69, 9.17) is 11.6 Å². The van der Waals surface area contributed by atoms with E-state index in [9.17, 15) is 4.79 Å². The maximum Gasteiger partial charge on any atom is 0.257 e. The maximum absolute atomic E-state index is 12.5. The van der Waals surface area contributed by atoms with Gasteiger partial charge in [-0.1, -0.05) is 29.3 Å². The summed E-state index contributed by atoms with van der Waals surface area (Å²) < 4.78 is 0.943. The zero-order valence-corrected chi connectivity index (χ0v) is 17.2. The Morgan fingerprint density at radius 2 is 1.74 bits per heavy atom. The Bertz CT molecular complexity index is 1150. The van der Waals surface area contributed by atoms with Crippen LogP contribution < -0.4 is 5.32 Å². The molecule has 0 saturated heterocycles. The molecule has 1 heterocycles. The number of nitrogens with zero attached hydrogens (tertiary/aromatic N) is 3. The molecule has 0 unspecified atom stereocenters. The molecule has 27 heavy (non-hydrogen) atoms. The molecule has 0 aliphatic rings. The lowest BCUT2D eigenvalue weighted by Gasteiger charge is -2.07. The highest BCUT2D eigenvalue weighted by Crippen LogP contribution is 2.22. The lowest BCUT2D eigenvalue weighted by atomic mass is 10.2. The van der Waals surface area contributed by atoms with E-state index in [-0.39, 0.29) is 5.91 Å². The number of aromatic nitrogens is 3. The van der Waals surface area contributed by atoms with Gasteiger partial charge < -0.3 is 5.32 Å². The quantitative estimate of drug-likeness (QED) is 0.401. The average Bonchev–Trinajstić information content (AvgIpc) is 3.07. The normalized spacial score (nSPS) is 10.9. The fourth-order valence-corrected chi connectivity index (χ4v) is 3.35. The van der Waals surface area contributed by atoms with Crippen molar-refractivity contribution >= 4 is 56.8 Å². The lowest BCUT2D eigenvalue weighted by Crippen LogP contribution is -2.12. The average molecular weight is 489 g/mol. The van der Waals surface area contributed by atoms with Crippen molar-refractivity contribution in [2.75, 3.05) is 5.32 Å². The van der Waals surface area contributed by atoms with Crippen LogP contribution in [0.25, 0.3) is 16.7 Å². The summed E-state index contributed by atoms with van der Waals surface area (Å²) in [4.78, 5) is 14.1. The predicted octanol–water partition coefficient (Wildman–Crippen LogP) is 5.24. The van der Waals surface area contributed by atoms with Gasteiger partial charge in [0.25, 0.3) is 5.91 Å². The van der Waals surface area contributed by atoms with Crippen LogP contribution in [-0.4, -0.2) is 20.9 Å². The van der Waals surface area contributed by atoms with Crippen LogP contribution in [-0.2, 0) is 0 Å². The second-order valence-electron chi connectivity index (χ2n) is 6.11. The first kappa shape index (κ1) is 17.9. The molecule has 0 radical (unpaired) electrons. The number of aryl methyl sites for hydroxylation is 1. The lowest BCUT2D eigenvalue weighted by molar-refractivity contribution is 0.102. The van der Waals surface area contributed by atoms with E-state index in [1.165, 1.54) is 5.56 Å². The molecule has 0 spiro atoms. The van der Waals surface area contributed by atoms with E-state index < -0.39 is 0 Å². The smallest absolute Gasteiger partial charge is 0.257 e. The Balaban J connectivity index is 1.62. The van der Waals surface area contributed by atoms with Gasteiger partial charge >= 0.3 is 0 Å². The van der Waals surface area contributed by atoms with Crippen molar-refractivity contribution in [1.29, 1.82) is 0 Å². The van der Waals surface area contributed by atoms with Gasteiger partial charge in [0, 0.05) is 9.26 Å². The van der Waals surface area contributed by atoms with Crippen molar-refractivity contribution in [1.82, 2.24) is 15.0 Å². The van der Waals surface area contributed by atoms with Gasteiger partial charge in [0.2, 0.25) is 0 Å². The minimum Gasteiger partial charge on any atom is -0.322 e. The van der Waals surface area contributed by atoms with E-state index in [1.54, 1.807) is 29.1 Å². The first-order valence-corrected chi connectivity index (χ1v) is 9.66. The number of amides is 1. The van der Waals surface area contributed by atoms with Crippen LogP contribution in [0.5, 0.6) is 0 Å². The van der Waals surface area contributed by atoms with Crippen LogP contribution in [0.1, 0.15) is 15.9 Å². The van der Waals surface area contributed by atoms with E-state index in [0.717, 1.165) is 14.8 Å². The molecular formula is C20H14ClIN4O. The summed E-state index contributed by atoms with van der Waals surface area (Å²) in [5, 5.41) is 12.3. The van der Waals surface area contributed by atoms with Gasteiger partial charge in [-0.05, 0) is 78.0 Å². The van der Waals surface area contributed by atoms with E-state index in [1.807, 2.05) is 43.3 Å². The third-order valence-corrected chi connectivity index (χ3v) is 5.08. The molecule has 4 aromatic rings. The van der Waals surface area contributed by atoms with Crippen LogP contribution in [0, 0.1) is 10.5 Å². The fourth-order valence-electron chi connectivity index (χ4n) is 2.66. The molecule has 0 atom stereocenters. The molecule has 7 heteroatoms. The fraction of sp³-hybridized carbons (Fsp3) is 0.0500. The standard InChI is InChI=1S/C20H14ClIN4O/c1-12-2-6-15(7-3-12)26-24-18-9-5-14(11-19(18)25-26)23-20(27)16-10-13(22)4-8-17(16)21/h2-11H,1H3,(H,23,27). The molecule has 3 aromatic carbocycles. The third-order valence-electron chi connectivity index (χ3n) is 4.08. The van der Waals surface area contributed by atoms with Crippen molar-refractivity contribution in [3.63, 3.8) is 0 Å². The SMILES string of the molecule is Cc1ccc(-n2nc3ccc(NC(=O)c4cc(I)ccc4Cl)cc3n2)cc1. The number of hydrogen-bond donors (Lipinski definition) is 1. The Morgan fingerprint density at radius 3 is 2.52 bits per heavy atom. The van der Waals surface area contributed by atoms with E-state index >= 15 is 0 Å². The van der Waals surface area contributed by atoms with Crippen molar-refractivity contribution in [2.45, 2.75) is 6.92 Å². The summed E-state index contributed by atoms with van der Waals surface area (Å²) in [5.74, 6) is -0.260. The Labute approximate surface area is 174 Å². The van der Waals surface area contributed by atoms with Gasteiger partial charge in [-0.2, -0.15) is 4.80 Å². The minimum atomic E-state index is -0.260. The summed E-state index contributed by atoms with van der Waals surface area (Å²) in [5.41, 5.74) is 4.58. The monoisotopic (exact) mass is 488 g/mol. The summed E-state index contributed by atoms with van der Waals surface area (Å²) in [7, 11) is 0. The molecule has 4 rings (SSSR count). The first-order valence-electron chi connectivity index (χ1n) is 8.20. The van der Waals surface area contributed by atoms with Gasteiger partial charge in [-0.15, -0.1) is 10.2 Å². The number of carbonyl (C=O) groups excluding carboxylic acids is 1. The number of carbonyl (C=O) groups is 1. The molecule has 0 aliphatic heterocycles. The van der Waals surface area contributed by atoms with Crippen LogP contribution in [0.3, 0.4) is 0 Å². The number of halogens is 2. The number of benzene rings is 3. The molecule has 1 N–H and O–H groups in total. The van der Waals surface area contributed by atoms with Gasteiger partial charge in [0.15, 0.2) is 0 Å². The molecule has 0 saturated carbocycles. The molecular weight excluding hydrogens is 475 g/mol. The summed E-state index contributed by atoms with van der Waals surface area (Å²) in [6.45, 7) is 2.03. The Morgan fingerprint density at radius 1 is 1.00 bits per heavy atom. The van der Waals surface area contributed by atoms with Crippen LogP contribution >= 0.6 is 34.2 Å². The van der Waals surface area contributed by atoms with E-state index in [2.05, 4.69) is 38.1 Å². The first-order chi connectivity index (χ1) is 13.0. The molecule has 134 valence electrons. The zero-order valence-electron chi connectivity index (χ0n) is 14.3. The van der Waals surface area contributed by atoms with Gasteiger partial charge in [0.1, 0.15) is 11.0 Å². The maximum atomic E-state index is 12.5. The highest BCUT2D eigenvalue weighted by atomic mass is 127. The van der Waals surface area contributed by atoms with Gasteiger partial charge in [-0.3, -0.25) is 4.79 Å². The van der Waals surface area contributed by atoms with Crippen LogP contribution in [0.2, 0.25) is 5.02 Å². The molecule has 0 bridgehead atoms. The molecule has 1 aromatic heterocycles. The van der Waals surface area contributed by atoms with Crippen molar-refractivity contribution in [2.24, 2.45) is 0 Å². The minimum absolute atomic E-state index is 0.260. The Hall–Kier alpha value is -2.45. The van der Waals surface area contributed by atoms with Crippen molar-refractivity contribution < 1.29 is 4.79 Å². The number of rotatable bonds is 3. The van der Waals surface area contributed by atoms with Crippen LogP contribution in [0.4, 0.5) is 5.69 Å². The number of nitrogens with one attached hydrogen (secondary N) is 1. The Kier molecular flexibility index (Phi) is 4.84. The van der Waals surface area contributed by atoms with Crippen molar-refractivity contribution in [3.05, 3.63) is 80.4 Å². The molecule has 1 amide bonds. The third kappa shape index (κ3) is 3.81. The summed E-state index contributed by atoms with van der Waals surface area (Å²) in [6.07, 6.45) is 0. The number of fused-ring (bicyclic) bond motifs is 1. The van der Waals surface area contributed by atoms with Gasteiger partial charge in [-0.25, -0.2) is 0 Å². The number of anilines is 1. The zero-order chi connectivity index (χ0) is 19.0. The summed E-state index contributed by atoms with van der Waals surface area (Å²) >= 11 is 8.29. The second-order valence-corrected chi connectivity index (χ2v) is 7.76. The molecule has 5 nitrogen and oxygen atoms in total. The largest absolute Gasteiger partial charge is 0.322 e. The highest BCUT2D eigenvalue weighted by Gasteiger charge is 2.12.